The maximum Gasteiger partial charge on any atom is 0.310 e. The van der Waals surface area contributed by atoms with Crippen LogP contribution in [0.1, 0.15) is 5.56 Å². The second kappa shape index (κ2) is 7.96. The zero-order chi connectivity index (χ0) is 17.6. The van der Waals surface area contributed by atoms with Crippen LogP contribution >= 0.6 is 11.6 Å². The van der Waals surface area contributed by atoms with Gasteiger partial charge in [-0.05, 0) is 24.3 Å². The fourth-order valence-electron chi connectivity index (χ4n) is 2.57. The number of carbonyl (C=O) groups excluding carboxylic acids is 1. The van der Waals surface area contributed by atoms with Crippen LogP contribution in [0.2, 0.25) is 5.02 Å². The molecule has 0 aliphatic rings. The first kappa shape index (κ1) is 17.2. The number of para-hydroxylation sites is 1. The van der Waals surface area contributed by atoms with Gasteiger partial charge in [0.1, 0.15) is 6.61 Å². The van der Waals surface area contributed by atoms with E-state index in [1.807, 2.05) is 59.3 Å². The van der Waals surface area contributed by atoms with Gasteiger partial charge in [0.15, 0.2) is 0 Å². The van der Waals surface area contributed by atoms with Crippen LogP contribution in [0.5, 0.6) is 0 Å². The molecule has 0 unspecified atom stereocenters. The number of nitrogens with zero attached hydrogens (tertiary/aromatic N) is 2. The highest BCUT2D eigenvalue weighted by atomic mass is 35.5. The maximum atomic E-state index is 12.0. The number of esters is 1. The lowest BCUT2D eigenvalue weighted by molar-refractivity contribution is -0.142. The van der Waals surface area contributed by atoms with E-state index >= 15 is 0 Å². The summed E-state index contributed by atoms with van der Waals surface area (Å²) in [6.07, 6.45) is 1.82. The summed E-state index contributed by atoms with van der Waals surface area (Å²) in [5.74, 6) is -0.326. The molecule has 0 fully saturated rings. The molecule has 3 rings (SSSR count). The predicted octanol–water partition coefficient (Wildman–Crippen LogP) is 3.24. The molecule has 0 bridgehead atoms. The van der Waals surface area contributed by atoms with Crippen molar-refractivity contribution in [3.63, 3.8) is 0 Å². The third-order valence-electron chi connectivity index (χ3n) is 3.68. The molecule has 0 aliphatic carbocycles. The van der Waals surface area contributed by atoms with Crippen molar-refractivity contribution in [3.8, 4) is 16.9 Å². The molecular formula is C19H18ClN3O2. The first-order valence-electron chi connectivity index (χ1n) is 7.93. The highest BCUT2D eigenvalue weighted by Crippen LogP contribution is 2.28. The zero-order valence-electron chi connectivity index (χ0n) is 13.6. The van der Waals surface area contributed by atoms with Crippen LogP contribution in [0.4, 0.5) is 0 Å². The highest BCUT2D eigenvalue weighted by Gasteiger charge is 2.17. The summed E-state index contributed by atoms with van der Waals surface area (Å²) in [5, 5.41) is 5.12. The summed E-state index contributed by atoms with van der Waals surface area (Å²) in [4.78, 5) is 12.0. The van der Waals surface area contributed by atoms with Crippen molar-refractivity contribution in [1.82, 2.24) is 9.78 Å². The average molecular weight is 356 g/mol. The van der Waals surface area contributed by atoms with Gasteiger partial charge in [0.2, 0.25) is 0 Å². The summed E-state index contributed by atoms with van der Waals surface area (Å²) in [6, 6.07) is 17.2. The molecule has 0 amide bonds. The van der Waals surface area contributed by atoms with Crippen molar-refractivity contribution in [2.24, 2.45) is 5.73 Å². The predicted molar refractivity (Wildman–Crippen MR) is 97.7 cm³/mol. The highest BCUT2D eigenvalue weighted by molar-refractivity contribution is 6.30. The molecule has 1 aromatic heterocycles. The Bertz CT molecular complexity index is 845. The van der Waals surface area contributed by atoms with E-state index in [0.29, 0.717) is 11.6 Å². The third kappa shape index (κ3) is 4.07. The van der Waals surface area contributed by atoms with E-state index in [2.05, 4.69) is 5.10 Å². The number of halogens is 1. The number of benzene rings is 2. The van der Waals surface area contributed by atoms with Crippen LogP contribution in [-0.4, -0.2) is 28.9 Å². The molecule has 3 aromatic rings. The minimum atomic E-state index is -0.326. The van der Waals surface area contributed by atoms with Crippen molar-refractivity contribution >= 4 is 17.6 Å². The molecule has 1 heterocycles. The normalized spacial score (nSPS) is 10.6. The summed E-state index contributed by atoms with van der Waals surface area (Å²) < 4.78 is 6.91. The Hall–Kier alpha value is -2.63. The number of nitrogens with two attached hydrogens (primary N) is 1. The zero-order valence-corrected chi connectivity index (χ0v) is 14.3. The van der Waals surface area contributed by atoms with Crippen LogP contribution in [0, 0.1) is 0 Å². The lowest BCUT2D eigenvalue weighted by Crippen LogP contribution is -2.15. The molecule has 25 heavy (non-hydrogen) atoms. The Balaban J connectivity index is 2.02. The number of rotatable bonds is 6. The standard InChI is InChI=1S/C19H18ClN3O2/c20-16-8-6-14(7-9-16)19-15(12-18(24)25-11-10-21)13-22-23(19)17-4-2-1-3-5-17/h1-9,13H,10-12,21H2. The van der Waals surface area contributed by atoms with Gasteiger partial charge in [0.25, 0.3) is 0 Å². The van der Waals surface area contributed by atoms with Crippen molar-refractivity contribution in [1.29, 1.82) is 0 Å². The fraction of sp³-hybridized carbons (Fsp3) is 0.158. The molecule has 2 aromatic carbocycles. The Morgan fingerprint density at radius 3 is 2.52 bits per heavy atom. The van der Waals surface area contributed by atoms with Crippen LogP contribution in [0.3, 0.4) is 0 Å². The minimum Gasteiger partial charge on any atom is -0.464 e. The van der Waals surface area contributed by atoms with Gasteiger partial charge in [-0.3, -0.25) is 4.79 Å². The first-order valence-corrected chi connectivity index (χ1v) is 8.31. The Kier molecular flexibility index (Phi) is 5.48. The van der Waals surface area contributed by atoms with E-state index in [-0.39, 0.29) is 19.0 Å². The van der Waals surface area contributed by atoms with E-state index < -0.39 is 0 Å². The Morgan fingerprint density at radius 2 is 1.84 bits per heavy atom. The van der Waals surface area contributed by atoms with E-state index in [0.717, 1.165) is 22.5 Å². The van der Waals surface area contributed by atoms with Gasteiger partial charge >= 0.3 is 5.97 Å². The summed E-state index contributed by atoms with van der Waals surface area (Å²) in [6.45, 7) is 0.515. The van der Waals surface area contributed by atoms with Crippen molar-refractivity contribution < 1.29 is 9.53 Å². The number of carbonyl (C=O) groups is 1. The topological polar surface area (TPSA) is 70.1 Å². The smallest absolute Gasteiger partial charge is 0.310 e. The molecule has 6 heteroatoms. The van der Waals surface area contributed by atoms with Gasteiger partial charge in [-0.1, -0.05) is 41.9 Å². The second-order valence-electron chi connectivity index (χ2n) is 5.46. The molecule has 5 nitrogen and oxygen atoms in total. The fourth-order valence-corrected chi connectivity index (χ4v) is 2.70. The summed E-state index contributed by atoms with van der Waals surface area (Å²) in [5.41, 5.74) is 8.84. The Labute approximate surface area is 151 Å². The van der Waals surface area contributed by atoms with Gasteiger partial charge in [-0.15, -0.1) is 0 Å². The summed E-state index contributed by atoms with van der Waals surface area (Å²) in [7, 11) is 0. The monoisotopic (exact) mass is 355 g/mol. The molecule has 0 atom stereocenters. The maximum absolute atomic E-state index is 12.0. The lowest BCUT2D eigenvalue weighted by atomic mass is 10.1. The number of hydrogen-bond donors (Lipinski definition) is 1. The van der Waals surface area contributed by atoms with Crippen LogP contribution in [0.15, 0.2) is 60.8 Å². The van der Waals surface area contributed by atoms with Gasteiger partial charge in [-0.25, -0.2) is 4.68 Å². The van der Waals surface area contributed by atoms with Crippen molar-refractivity contribution in [2.75, 3.05) is 13.2 Å². The third-order valence-corrected chi connectivity index (χ3v) is 3.93. The van der Waals surface area contributed by atoms with Gasteiger partial charge < -0.3 is 10.5 Å². The van der Waals surface area contributed by atoms with Crippen LogP contribution in [-0.2, 0) is 16.0 Å². The second-order valence-corrected chi connectivity index (χ2v) is 5.90. The SMILES string of the molecule is NCCOC(=O)Cc1cnn(-c2ccccc2)c1-c1ccc(Cl)cc1. The molecule has 0 spiro atoms. The van der Waals surface area contributed by atoms with E-state index in [4.69, 9.17) is 22.1 Å². The molecule has 0 saturated carbocycles. The molecule has 128 valence electrons. The first-order chi connectivity index (χ1) is 12.2. The number of hydrogen-bond acceptors (Lipinski definition) is 4. The van der Waals surface area contributed by atoms with Crippen LogP contribution in [0.25, 0.3) is 16.9 Å². The minimum absolute atomic E-state index is 0.130. The molecule has 0 saturated heterocycles. The quantitative estimate of drug-likeness (QED) is 0.689. The summed E-state index contributed by atoms with van der Waals surface area (Å²) >= 11 is 6.00. The van der Waals surface area contributed by atoms with Crippen molar-refractivity contribution in [3.05, 3.63) is 71.4 Å². The van der Waals surface area contributed by atoms with Gasteiger partial charge in [-0.2, -0.15) is 5.10 Å². The van der Waals surface area contributed by atoms with E-state index in [1.54, 1.807) is 6.20 Å². The lowest BCUT2D eigenvalue weighted by Gasteiger charge is -2.10. The van der Waals surface area contributed by atoms with Crippen molar-refractivity contribution in [2.45, 2.75) is 6.42 Å². The van der Waals surface area contributed by atoms with Gasteiger partial charge in [0, 0.05) is 22.7 Å². The average Bonchev–Trinajstić information content (AvgIpc) is 3.05. The molecular weight excluding hydrogens is 338 g/mol. The largest absolute Gasteiger partial charge is 0.464 e. The molecule has 0 aliphatic heterocycles. The number of ether oxygens (including phenoxy) is 1. The van der Waals surface area contributed by atoms with Gasteiger partial charge in [0.05, 0.1) is 24.0 Å². The van der Waals surface area contributed by atoms with Crippen LogP contribution < -0.4 is 5.73 Å². The number of aromatic nitrogens is 2. The van der Waals surface area contributed by atoms with E-state index in [9.17, 15) is 4.79 Å². The molecule has 2 N–H and O–H groups in total. The van der Waals surface area contributed by atoms with E-state index in [1.165, 1.54) is 0 Å². The molecule has 0 radical (unpaired) electrons. The Morgan fingerprint density at radius 1 is 1.12 bits per heavy atom.